The molecule has 0 aliphatic carbocycles. The summed E-state index contributed by atoms with van der Waals surface area (Å²) in [5, 5.41) is 4.25. The number of nitrogens with zero attached hydrogens (tertiary/aromatic N) is 1. The van der Waals surface area contributed by atoms with Crippen LogP contribution in [0.15, 0.2) is 24.3 Å². The van der Waals surface area contributed by atoms with E-state index < -0.39 is 0 Å². The van der Waals surface area contributed by atoms with E-state index in [9.17, 15) is 0 Å². The Morgan fingerprint density at radius 2 is 2.00 bits per heavy atom. The molecule has 2 aliphatic heterocycles. The maximum atomic E-state index is 6.29. The Morgan fingerprint density at radius 3 is 2.76 bits per heavy atom. The smallest absolute Gasteiger partial charge is 0.0966 e. The van der Waals surface area contributed by atoms with E-state index in [0.29, 0.717) is 0 Å². The molecule has 1 aromatic carbocycles. The van der Waals surface area contributed by atoms with Gasteiger partial charge in [0, 0.05) is 30.2 Å². The standard InChI is InChI=1S/C16H23ClN2O.ClH/c17-15-4-2-1-3-14(15)16-12-19(9-10-20-16)11-13-5-7-18-8-6-13;/h1-4,13,16,18H,5-12H2;1H. The zero-order chi connectivity index (χ0) is 13.8. The second kappa shape index (κ2) is 8.35. The first-order chi connectivity index (χ1) is 9.83. The van der Waals surface area contributed by atoms with Crippen LogP contribution in [0.4, 0.5) is 0 Å². The third-order valence-corrected chi connectivity index (χ3v) is 4.72. The summed E-state index contributed by atoms with van der Waals surface area (Å²) in [6.07, 6.45) is 2.72. The van der Waals surface area contributed by atoms with Gasteiger partial charge < -0.3 is 10.1 Å². The molecule has 0 aromatic heterocycles. The lowest BCUT2D eigenvalue weighted by Crippen LogP contribution is -2.43. The first kappa shape index (κ1) is 17.0. The molecular weight excluding hydrogens is 307 g/mol. The van der Waals surface area contributed by atoms with Crippen molar-refractivity contribution in [1.82, 2.24) is 10.2 Å². The first-order valence-corrected chi connectivity index (χ1v) is 8.00. The number of hydrogen-bond acceptors (Lipinski definition) is 3. The fraction of sp³-hybridized carbons (Fsp3) is 0.625. The molecule has 0 amide bonds. The molecular formula is C16H24Cl2N2O. The summed E-state index contributed by atoms with van der Waals surface area (Å²) in [5.74, 6) is 0.834. The summed E-state index contributed by atoms with van der Waals surface area (Å²) in [6, 6.07) is 8.05. The van der Waals surface area contributed by atoms with Gasteiger partial charge in [-0.2, -0.15) is 0 Å². The Labute approximate surface area is 138 Å². The Hall–Kier alpha value is -0.320. The van der Waals surface area contributed by atoms with Gasteiger partial charge in [0.2, 0.25) is 0 Å². The van der Waals surface area contributed by atoms with Crippen LogP contribution in [0.2, 0.25) is 5.02 Å². The molecule has 0 bridgehead atoms. The zero-order valence-electron chi connectivity index (χ0n) is 12.3. The summed E-state index contributed by atoms with van der Waals surface area (Å²) in [4.78, 5) is 2.55. The number of hydrogen-bond donors (Lipinski definition) is 1. The van der Waals surface area contributed by atoms with Gasteiger partial charge >= 0.3 is 0 Å². The lowest BCUT2D eigenvalue weighted by molar-refractivity contribution is -0.0356. The van der Waals surface area contributed by atoms with Crippen molar-refractivity contribution >= 4 is 24.0 Å². The van der Waals surface area contributed by atoms with Gasteiger partial charge in [-0.05, 0) is 37.9 Å². The van der Waals surface area contributed by atoms with Gasteiger partial charge in [0.1, 0.15) is 0 Å². The minimum absolute atomic E-state index is 0. The number of ether oxygens (including phenoxy) is 1. The minimum atomic E-state index is 0. The Morgan fingerprint density at radius 1 is 1.24 bits per heavy atom. The fourth-order valence-electron chi connectivity index (χ4n) is 3.22. The molecule has 0 saturated carbocycles. The molecule has 0 radical (unpaired) electrons. The molecule has 21 heavy (non-hydrogen) atoms. The van der Waals surface area contributed by atoms with E-state index >= 15 is 0 Å². The fourth-order valence-corrected chi connectivity index (χ4v) is 3.48. The van der Waals surface area contributed by atoms with Crippen LogP contribution in [-0.2, 0) is 4.74 Å². The third-order valence-electron chi connectivity index (χ3n) is 4.38. The van der Waals surface area contributed by atoms with E-state index in [2.05, 4.69) is 16.3 Å². The van der Waals surface area contributed by atoms with Crippen molar-refractivity contribution in [3.8, 4) is 0 Å². The van der Waals surface area contributed by atoms with Gasteiger partial charge in [-0.1, -0.05) is 29.8 Å². The molecule has 118 valence electrons. The van der Waals surface area contributed by atoms with Crippen LogP contribution < -0.4 is 5.32 Å². The average Bonchev–Trinajstić information content (AvgIpc) is 2.49. The number of morpholine rings is 1. The third kappa shape index (κ3) is 4.57. The average molecular weight is 331 g/mol. The Kier molecular flexibility index (Phi) is 6.77. The molecule has 2 saturated heterocycles. The maximum Gasteiger partial charge on any atom is 0.0966 e. The van der Waals surface area contributed by atoms with Crippen LogP contribution >= 0.6 is 24.0 Å². The minimum Gasteiger partial charge on any atom is -0.371 e. The maximum absolute atomic E-state index is 6.29. The lowest BCUT2D eigenvalue weighted by atomic mass is 9.97. The van der Waals surface area contributed by atoms with Crippen LogP contribution in [0.3, 0.4) is 0 Å². The van der Waals surface area contributed by atoms with Crippen molar-refractivity contribution in [2.75, 3.05) is 39.3 Å². The highest BCUT2D eigenvalue weighted by Crippen LogP contribution is 2.29. The zero-order valence-corrected chi connectivity index (χ0v) is 13.8. The molecule has 2 aliphatic rings. The SMILES string of the molecule is Cl.Clc1ccccc1C1CN(CC2CCNCC2)CCO1. The summed E-state index contributed by atoms with van der Waals surface area (Å²) in [7, 11) is 0. The van der Waals surface area contributed by atoms with Crippen LogP contribution in [0.1, 0.15) is 24.5 Å². The van der Waals surface area contributed by atoms with Crippen molar-refractivity contribution in [2.45, 2.75) is 18.9 Å². The molecule has 1 atom stereocenters. The van der Waals surface area contributed by atoms with E-state index in [1.54, 1.807) is 0 Å². The quantitative estimate of drug-likeness (QED) is 0.921. The van der Waals surface area contributed by atoms with Gasteiger partial charge in [-0.25, -0.2) is 0 Å². The molecule has 3 rings (SSSR count). The second-order valence-corrected chi connectivity index (χ2v) is 6.24. The van der Waals surface area contributed by atoms with E-state index in [1.807, 2.05) is 18.2 Å². The summed E-state index contributed by atoms with van der Waals surface area (Å²) in [5.41, 5.74) is 1.13. The normalized spacial score (nSPS) is 24.5. The van der Waals surface area contributed by atoms with Crippen LogP contribution in [-0.4, -0.2) is 44.2 Å². The lowest BCUT2D eigenvalue weighted by Gasteiger charge is -2.36. The van der Waals surface area contributed by atoms with Crippen molar-refractivity contribution in [3.63, 3.8) is 0 Å². The molecule has 2 fully saturated rings. The molecule has 3 nitrogen and oxygen atoms in total. The first-order valence-electron chi connectivity index (χ1n) is 7.62. The highest BCUT2D eigenvalue weighted by Gasteiger charge is 2.25. The molecule has 0 spiro atoms. The highest BCUT2D eigenvalue weighted by atomic mass is 35.5. The largest absolute Gasteiger partial charge is 0.371 e. The number of benzene rings is 1. The van der Waals surface area contributed by atoms with Gasteiger partial charge in [-0.3, -0.25) is 4.90 Å². The second-order valence-electron chi connectivity index (χ2n) is 5.83. The number of halogens is 2. The highest BCUT2D eigenvalue weighted by molar-refractivity contribution is 6.31. The molecule has 5 heteroatoms. The van der Waals surface area contributed by atoms with Crippen molar-refractivity contribution in [1.29, 1.82) is 0 Å². The van der Waals surface area contributed by atoms with Crippen LogP contribution in [0.5, 0.6) is 0 Å². The number of piperidine rings is 1. The van der Waals surface area contributed by atoms with Crippen molar-refractivity contribution in [2.24, 2.45) is 5.92 Å². The molecule has 1 aromatic rings. The van der Waals surface area contributed by atoms with Gasteiger partial charge in [0.05, 0.1) is 12.7 Å². The summed E-state index contributed by atoms with van der Waals surface area (Å²) >= 11 is 6.29. The van der Waals surface area contributed by atoms with Gasteiger partial charge in [0.15, 0.2) is 0 Å². The van der Waals surface area contributed by atoms with Gasteiger partial charge in [0.25, 0.3) is 0 Å². The Bertz CT molecular complexity index is 438. The topological polar surface area (TPSA) is 24.5 Å². The predicted octanol–water partition coefficient (Wildman–Crippen LogP) is 3.13. The number of rotatable bonds is 3. The van der Waals surface area contributed by atoms with Crippen LogP contribution in [0, 0.1) is 5.92 Å². The van der Waals surface area contributed by atoms with E-state index in [-0.39, 0.29) is 18.5 Å². The molecule has 1 N–H and O–H groups in total. The monoisotopic (exact) mass is 330 g/mol. The van der Waals surface area contributed by atoms with Crippen molar-refractivity contribution < 1.29 is 4.74 Å². The summed E-state index contributed by atoms with van der Waals surface area (Å²) < 4.78 is 5.93. The van der Waals surface area contributed by atoms with E-state index in [4.69, 9.17) is 16.3 Å². The Balaban J connectivity index is 0.00000161. The van der Waals surface area contributed by atoms with E-state index in [1.165, 1.54) is 32.5 Å². The van der Waals surface area contributed by atoms with Crippen LogP contribution in [0.25, 0.3) is 0 Å². The summed E-state index contributed by atoms with van der Waals surface area (Å²) in [6.45, 7) is 6.36. The van der Waals surface area contributed by atoms with Crippen molar-refractivity contribution in [3.05, 3.63) is 34.9 Å². The van der Waals surface area contributed by atoms with E-state index in [0.717, 1.165) is 36.2 Å². The predicted molar refractivity (Wildman–Crippen MR) is 89.4 cm³/mol. The molecule has 2 heterocycles. The number of nitrogens with one attached hydrogen (secondary N) is 1. The molecule has 1 unspecified atom stereocenters. The van der Waals surface area contributed by atoms with Gasteiger partial charge in [-0.15, -0.1) is 12.4 Å².